The minimum Gasteiger partial charge on any atom is -0.491 e. The normalized spacial score (nSPS) is 16.3. The quantitative estimate of drug-likeness (QED) is 0.505. The van der Waals surface area contributed by atoms with Crippen molar-refractivity contribution in [1.82, 2.24) is 29.7 Å². The highest BCUT2D eigenvalue weighted by Gasteiger charge is 2.31. The van der Waals surface area contributed by atoms with Crippen LogP contribution in [0.1, 0.15) is 35.9 Å². The highest BCUT2D eigenvalue weighted by atomic mass is 32.2. The molecule has 4 heterocycles. The first-order valence-corrected chi connectivity index (χ1v) is 11.0. The summed E-state index contributed by atoms with van der Waals surface area (Å²) in [5.74, 6) is 2.24. The number of thioether (sulfide) groups is 1. The second kappa shape index (κ2) is 7.69. The van der Waals surface area contributed by atoms with Gasteiger partial charge in [-0.05, 0) is 38.5 Å². The molecule has 0 fully saturated rings. The lowest BCUT2D eigenvalue weighted by Gasteiger charge is -2.16. The Bertz CT molecular complexity index is 1260. The fourth-order valence-electron chi connectivity index (χ4n) is 3.71. The molecule has 3 aromatic heterocycles. The van der Waals surface area contributed by atoms with Crippen LogP contribution in [-0.4, -0.2) is 47.5 Å². The molecular formula is C21H21N7O2S. The van der Waals surface area contributed by atoms with Crippen molar-refractivity contribution < 1.29 is 9.53 Å². The molecule has 0 bridgehead atoms. The molecule has 5 rings (SSSR count). The number of nitrogens with one attached hydrogen (secondary N) is 2. The van der Waals surface area contributed by atoms with Gasteiger partial charge in [-0.25, -0.2) is 15.0 Å². The minimum absolute atomic E-state index is 0.0603. The predicted octanol–water partition coefficient (Wildman–Crippen LogP) is 3.41. The lowest BCUT2D eigenvalue weighted by Crippen LogP contribution is -2.16. The number of hydrogen-bond acceptors (Lipinski definition) is 7. The van der Waals surface area contributed by atoms with Gasteiger partial charge >= 0.3 is 0 Å². The first-order valence-electron chi connectivity index (χ1n) is 9.93. The second-order valence-electron chi connectivity index (χ2n) is 7.53. The van der Waals surface area contributed by atoms with Gasteiger partial charge < -0.3 is 15.0 Å². The van der Waals surface area contributed by atoms with E-state index in [1.807, 2.05) is 45.0 Å². The van der Waals surface area contributed by atoms with Crippen LogP contribution in [-0.2, 0) is 4.79 Å². The highest BCUT2D eigenvalue weighted by Crippen LogP contribution is 2.44. The van der Waals surface area contributed by atoms with Crippen molar-refractivity contribution in [2.75, 3.05) is 11.1 Å². The van der Waals surface area contributed by atoms with E-state index in [1.54, 1.807) is 22.8 Å². The summed E-state index contributed by atoms with van der Waals surface area (Å²) < 4.78 is 7.44. The number of ether oxygens (including phenoxy) is 1. The van der Waals surface area contributed by atoms with Crippen molar-refractivity contribution in [3.8, 4) is 11.6 Å². The molecule has 0 spiro atoms. The van der Waals surface area contributed by atoms with Crippen molar-refractivity contribution in [3.05, 3.63) is 53.7 Å². The van der Waals surface area contributed by atoms with E-state index in [-0.39, 0.29) is 17.3 Å². The van der Waals surface area contributed by atoms with Gasteiger partial charge in [-0.2, -0.15) is 9.78 Å². The van der Waals surface area contributed by atoms with E-state index in [9.17, 15) is 4.79 Å². The van der Waals surface area contributed by atoms with Crippen LogP contribution < -0.4 is 10.1 Å². The van der Waals surface area contributed by atoms with Crippen molar-refractivity contribution in [2.45, 2.75) is 32.1 Å². The number of benzene rings is 1. The summed E-state index contributed by atoms with van der Waals surface area (Å²) in [5, 5.41) is 7.69. The van der Waals surface area contributed by atoms with Crippen molar-refractivity contribution >= 4 is 34.7 Å². The molecule has 2 N–H and O–H groups in total. The number of H-pyrrole nitrogens is 1. The number of carbonyl (C=O) groups excluding carboxylic acids is 1. The standard InChI is InChI=1S/C21H21N7O2S/c1-11(2)30-14-6-4-13(5-7-14)18-16-12(3)27-28(20(16)26-15(29)8-31-18)21-17-19(23-9-22-17)24-10-25-21/h4-7,9-11,18H,8H2,1-3H3,(H,26,29)(H,22,23,24,25)/t18-/m1/s1. The smallest absolute Gasteiger partial charge is 0.235 e. The summed E-state index contributed by atoms with van der Waals surface area (Å²) in [5.41, 5.74) is 4.06. The van der Waals surface area contributed by atoms with Crippen LogP contribution in [0.4, 0.5) is 5.82 Å². The third kappa shape index (κ3) is 3.52. The van der Waals surface area contributed by atoms with Gasteiger partial charge in [0.1, 0.15) is 23.4 Å². The number of hydrogen-bond donors (Lipinski definition) is 2. The number of amides is 1. The van der Waals surface area contributed by atoms with Crippen molar-refractivity contribution in [2.24, 2.45) is 0 Å². The van der Waals surface area contributed by atoms with Crippen LogP contribution in [0.2, 0.25) is 0 Å². The predicted molar refractivity (Wildman–Crippen MR) is 119 cm³/mol. The number of aromatic amines is 1. The molecule has 4 aromatic rings. The zero-order chi connectivity index (χ0) is 21.5. The average molecular weight is 436 g/mol. The van der Waals surface area contributed by atoms with E-state index in [0.717, 1.165) is 22.6 Å². The summed E-state index contributed by atoms with van der Waals surface area (Å²) in [4.78, 5) is 28.4. The summed E-state index contributed by atoms with van der Waals surface area (Å²) in [6.45, 7) is 5.95. The number of rotatable bonds is 4. The minimum atomic E-state index is -0.0791. The van der Waals surface area contributed by atoms with Gasteiger partial charge in [0.2, 0.25) is 5.91 Å². The molecule has 31 heavy (non-hydrogen) atoms. The Morgan fingerprint density at radius 1 is 1.19 bits per heavy atom. The summed E-state index contributed by atoms with van der Waals surface area (Å²) in [7, 11) is 0. The Morgan fingerprint density at radius 2 is 2.00 bits per heavy atom. The maximum Gasteiger partial charge on any atom is 0.235 e. The second-order valence-corrected chi connectivity index (χ2v) is 8.63. The number of anilines is 1. The SMILES string of the molecule is Cc1nn(-c2ncnc3nc[nH]c23)c2c1[C@@H](c1ccc(OC(C)C)cc1)SCC(=O)N2. The highest BCUT2D eigenvalue weighted by molar-refractivity contribution is 8.00. The first kappa shape index (κ1) is 19.6. The van der Waals surface area contributed by atoms with Gasteiger partial charge in [-0.15, -0.1) is 11.8 Å². The Kier molecular flexibility index (Phi) is 4.85. The number of imidazole rings is 1. The van der Waals surface area contributed by atoms with E-state index >= 15 is 0 Å². The van der Waals surface area contributed by atoms with Crippen LogP contribution >= 0.6 is 11.8 Å². The van der Waals surface area contributed by atoms with E-state index < -0.39 is 0 Å². The Hall–Kier alpha value is -3.40. The van der Waals surface area contributed by atoms with Gasteiger partial charge in [0.05, 0.1) is 29.1 Å². The molecule has 0 radical (unpaired) electrons. The molecule has 1 aromatic carbocycles. The Balaban J connectivity index is 1.63. The van der Waals surface area contributed by atoms with Gasteiger partial charge in [-0.1, -0.05) is 12.1 Å². The summed E-state index contributed by atoms with van der Waals surface area (Å²) in [6, 6.07) is 8.02. The Morgan fingerprint density at radius 3 is 2.77 bits per heavy atom. The topological polar surface area (TPSA) is 111 Å². The van der Waals surface area contributed by atoms with Crippen LogP contribution in [0, 0.1) is 6.92 Å². The third-order valence-electron chi connectivity index (χ3n) is 4.97. The van der Waals surface area contributed by atoms with Gasteiger partial charge in [0, 0.05) is 5.56 Å². The van der Waals surface area contributed by atoms with Crippen molar-refractivity contribution in [1.29, 1.82) is 0 Å². The zero-order valence-electron chi connectivity index (χ0n) is 17.3. The van der Waals surface area contributed by atoms with Crippen LogP contribution in [0.5, 0.6) is 5.75 Å². The molecule has 0 saturated carbocycles. The maximum absolute atomic E-state index is 12.6. The molecule has 0 unspecified atom stereocenters. The molecule has 9 nitrogen and oxygen atoms in total. The van der Waals surface area contributed by atoms with Crippen LogP contribution in [0.25, 0.3) is 17.0 Å². The molecule has 0 saturated heterocycles. The molecule has 158 valence electrons. The lowest BCUT2D eigenvalue weighted by molar-refractivity contribution is -0.113. The molecule has 10 heteroatoms. The van der Waals surface area contributed by atoms with Crippen molar-refractivity contribution in [3.63, 3.8) is 0 Å². The lowest BCUT2D eigenvalue weighted by atomic mass is 10.0. The molecule has 1 atom stereocenters. The molecule has 1 aliphatic rings. The van der Waals surface area contributed by atoms with Gasteiger partial charge in [0.15, 0.2) is 11.5 Å². The van der Waals surface area contributed by atoms with Gasteiger partial charge in [0.25, 0.3) is 0 Å². The average Bonchev–Trinajstić information content (AvgIpc) is 3.29. The molecule has 0 aliphatic carbocycles. The monoisotopic (exact) mass is 435 g/mol. The fraction of sp³-hybridized carbons (Fsp3) is 0.286. The number of carbonyl (C=O) groups is 1. The van der Waals surface area contributed by atoms with Crippen LogP contribution in [0.3, 0.4) is 0 Å². The van der Waals surface area contributed by atoms with E-state index in [2.05, 4.69) is 25.3 Å². The van der Waals surface area contributed by atoms with E-state index in [1.165, 1.54) is 6.33 Å². The fourth-order valence-corrected chi connectivity index (χ4v) is 4.90. The van der Waals surface area contributed by atoms with E-state index in [4.69, 9.17) is 9.84 Å². The van der Waals surface area contributed by atoms with E-state index in [0.29, 0.717) is 28.6 Å². The first-order chi connectivity index (χ1) is 15.0. The molecular weight excluding hydrogens is 414 g/mol. The Labute approximate surface area is 182 Å². The maximum atomic E-state index is 12.6. The van der Waals surface area contributed by atoms with Crippen LogP contribution in [0.15, 0.2) is 36.9 Å². The molecule has 1 aliphatic heterocycles. The number of fused-ring (bicyclic) bond motifs is 2. The summed E-state index contributed by atoms with van der Waals surface area (Å²) in [6.07, 6.45) is 3.12. The summed E-state index contributed by atoms with van der Waals surface area (Å²) >= 11 is 1.58. The number of nitrogens with zero attached hydrogens (tertiary/aromatic N) is 5. The largest absolute Gasteiger partial charge is 0.491 e. The number of aromatic nitrogens is 6. The molecule has 1 amide bonds. The zero-order valence-corrected chi connectivity index (χ0v) is 18.1. The third-order valence-corrected chi connectivity index (χ3v) is 6.24. The number of aryl methyl sites for hydroxylation is 1. The van der Waals surface area contributed by atoms with Gasteiger partial charge in [-0.3, -0.25) is 4.79 Å².